The lowest BCUT2D eigenvalue weighted by Gasteiger charge is -2.28. The molecule has 1 heterocycles. The Kier molecular flexibility index (Phi) is 3.21. The van der Waals surface area contributed by atoms with Crippen molar-refractivity contribution in [2.75, 3.05) is 0 Å². The lowest BCUT2D eigenvalue weighted by Crippen LogP contribution is -2.41. The van der Waals surface area contributed by atoms with Crippen LogP contribution in [0.25, 0.3) is 0 Å². The summed E-state index contributed by atoms with van der Waals surface area (Å²) in [5, 5.41) is 0. The lowest BCUT2D eigenvalue weighted by atomic mass is 9.93. The first-order chi connectivity index (χ1) is 7.25. The predicted molar refractivity (Wildman–Crippen MR) is 59.8 cm³/mol. The Labute approximate surface area is 90.7 Å². The molecule has 82 valence electrons. The van der Waals surface area contributed by atoms with Crippen LogP contribution in [0, 0.1) is 6.92 Å². The number of nitrogens with two attached hydrogens (primary N) is 1. The normalized spacial score (nSPS) is 26.3. The summed E-state index contributed by atoms with van der Waals surface area (Å²) < 4.78 is 5.79. The van der Waals surface area contributed by atoms with Gasteiger partial charge in [0.2, 0.25) is 5.88 Å². The minimum absolute atomic E-state index is 0.147. The van der Waals surface area contributed by atoms with E-state index in [1.54, 1.807) is 0 Å². The summed E-state index contributed by atoms with van der Waals surface area (Å²) in [4.78, 5) is 4.23. The largest absolute Gasteiger partial charge is 0.473 e. The van der Waals surface area contributed by atoms with Crippen molar-refractivity contribution in [2.45, 2.75) is 44.8 Å². The van der Waals surface area contributed by atoms with Crippen molar-refractivity contribution in [3.63, 3.8) is 0 Å². The predicted octanol–water partition coefficient (Wildman–Crippen LogP) is 2.04. The number of ether oxygens (including phenoxy) is 1. The van der Waals surface area contributed by atoms with Crippen LogP contribution >= 0.6 is 0 Å². The Morgan fingerprint density at radius 3 is 2.80 bits per heavy atom. The quantitative estimate of drug-likeness (QED) is 0.805. The molecule has 2 rings (SSSR count). The van der Waals surface area contributed by atoms with E-state index in [-0.39, 0.29) is 12.1 Å². The summed E-state index contributed by atoms with van der Waals surface area (Å²) in [5.41, 5.74) is 7.15. The van der Waals surface area contributed by atoms with E-state index in [1.807, 2.05) is 25.3 Å². The Balaban J connectivity index is 1.98. The van der Waals surface area contributed by atoms with E-state index in [0.29, 0.717) is 5.88 Å². The van der Waals surface area contributed by atoms with Crippen LogP contribution in [-0.4, -0.2) is 17.1 Å². The molecule has 0 aliphatic heterocycles. The molecule has 1 aliphatic rings. The van der Waals surface area contributed by atoms with Crippen LogP contribution in [0.4, 0.5) is 0 Å². The SMILES string of the molecule is Cc1ccc(OC2CCCCC2N)nc1. The van der Waals surface area contributed by atoms with Crippen molar-refractivity contribution < 1.29 is 4.74 Å². The molecule has 0 saturated heterocycles. The van der Waals surface area contributed by atoms with Crippen molar-refractivity contribution in [1.29, 1.82) is 0 Å². The summed E-state index contributed by atoms with van der Waals surface area (Å²) in [5.74, 6) is 0.697. The van der Waals surface area contributed by atoms with Gasteiger partial charge >= 0.3 is 0 Å². The third-order valence-electron chi connectivity index (χ3n) is 2.91. The molecule has 2 unspecified atom stereocenters. The van der Waals surface area contributed by atoms with Gasteiger partial charge in [-0.15, -0.1) is 0 Å². The minimum Gasteiger partial charge on any atom is -0.473 e. The van der Waals surface area contributed by atoms with E-state index in [9.17, 15) is 0 Å². The van der Waals surface area contributed by atoms with Crippen molar-refractivity contribution in [2.24, 2.45) is 5.73 Å². The number of hydrogen-bond donors (Lipinski definition) is 1. The van der Waals surface area contributed by atoms with Crippen LogP contribution in [0.2, 0.25) is 0 Å². The molecule has 0 amide bonds. The fourth-order valence-corrected chi connectivity index (χ4v) is 1.95. The second kappa shape index (κ2) is 4.62. The molecule has 0 radical (unpaired) electrons. The summed E-state index contributed by atoms with van der Waals surface area (Å²) in [6.45, 7) is 2.02. The summed E-state index contributed by atoms with van der Waals surface area (Å²) >= 11 is 0. The van der Waals surface area contributed by atoms with Gasteiger partial charge in [0.1, 0.15) is 6.10 Å². The van der Waals surface area contributed by atoms with Gasteiger partial charge in [-0.05, 0) is 31.7 Å². The molecule has 1 saturated carbocycles. The minimum atomic E-state index is 0.147. The van der Waals surface area contributed by atoms with E-state index in [1.165, 1.54) is 12.8 Å². The van der Waals surface area contributed by atoms with Gasteiger partial charge < -0.3 is 10.5 Å². The standard InChI is InChI=1S/C12H18N2O/c1-9-6-7-12(14-8-9)15-11-5-3-2-4-10(11)13/h6-8,10-11H,2-5,13H2,1H3. The summed E-state index contributed by atoms with van der Waals surface area (Å²) in [6.07, 6.45) is 6.53. The van der Waals surface area contributed by atoms with Crippen molar-refractivity contribution in [3.05, 3.63) is 23.9 Å². The third kappa shape index (κ3) is 2.69. The maximum absolute atomic E-state index is 6.00. The van der Waals surface area contributed by atoms with Crippen LogP contribution in [0.3, 0.4) is 0 Å². The number of hydrogen-bond acceptors (Lipinski definition) is 3. The molecule has 0 aromatic carbocycles. The third-order valence-corrected chi connectivity index (χ3v) is 2.91. The number of aryl methyl sites for hydroxylation is 1. The maximum Gasteiger partial charge on any atom is 0.213 e. The van der Waals surface area contributed by atoms with E-state index in [2.05, 4.69) is 4.98 Å². The zero-order chi connectivity index (χ0) is 10.7. The van der Waals surface area contributed by atoms with Gasteiger partial charge in [0.15, 0.2) is 0 Å². The summed E-state index contributed by atoms with van der Waals surface area (Å²) in [6, 6.07) is 4.09. The molecular weight excluding hydrogens is 188 g/mol. The molecule has 3 nitrogen and oxygen atoms in total. The van der Waals surface area contributed by atoms with E-state index in [0.717, 1.165) is 18.4 Å². The molecule has 1 fully saturated rings. The van der Waals surface area contributed by atoms with Crippen LogP contribution < -0.4 is 10.5 Å². The first kappa shape index (κ1) is 10.4. The van der Waals surface area contributed by atoms with E-state index in [4.69, 9.17) is 10.5 Å². The lowest BCUT2D eigenvalue weighted by molar-refractivity contribution is 0.127. The molecule has 15 heavy (non-hydrogen) atoms. The van der Waals surface area contributed by atoms with Crippen molar-refractivity contribution in [1.82, 2.24) is 4.98 Å². The fraction of sp³-hybridized carbons (Fsp3) is 0.583. The molecule has 1 aliphatic carbocycles. The zero-order valence-electron chi connectivity index (χ0n) is 9.15. The van der Waals surface area contributed by atoms with Gasteiger partial charge in [-0.1, -0.05) is 12.5 Å². The van der Waals surface area contributed by atoms with Crippen LogP contribution in [0.5, 0.6) is 5.88 Å². The van der Waals surface area contributed by atoms with Gasteiger partial charge in [-0.25, -0.2) is 4.98 Å². The highest BCUT2D eigenvalue weighted by atomic mass is 16.5. The molecule has 2 atom stereocenters. The number of aromatic nitrogens is 1. The molecule has 0 bridgehead atoms. The highest BCUT2D eigenvalue weighted by molar-refractivity contribution is 5.16. The van der Waals surface area contributed by atoms with E-state index >= 15 is 0 Å². The molecule has 2 N–H and O–H groups in total. The number of nitrogens with zero attached hydrogens (tertiary/aromatic N) is 1. The van der Waals surface area contributed by atoms with Crippen molar-refractivity contribution >= 4 is 0 Å². The Morgan fingerprint density at radius 1 is 1.33 bits per heavy atom. The van der Waals surface area contributed by atoms with Gasteiger partial charge in [0.25, 0.3) is 0 Å². The number of rotatable bonds is 2. The fourth-order valence-electron chi connectivity index (χ4n) is 1.95. The topological polar surface area (TPSA) is 48.1 Å². The molecule has 1 aromatic heterocycles. The highest BCUT2D eigenvalue weighted by Crippen LogP contribution is 2.21. The van der Waals surface area contributed by atoms with E-state index < -0.39 is 0 Å². The van der Waals surface area contributed by atoms with Crippen LogP contribution in [0.15, 0.2) is 18.3 Å². The average Bonchev–Trinajstić information content (AvgIpc) is 2.25. The van der Waals surface area contributed by atoms with Gasteiger partial charge in [-0.3, -0.25) is 0 Å². The smallest absolute Gasteiger partial charge is 0.213 e. The van der Waals surface area contributed by atoms with Crippen molar-refractivity contribution in [3.8, 4) is 5.88 Å². The second-order valence-electron chi connectivity index (χ2n) is 4.28. The maximum atomic E-state index is 6.00. The first-order valence-corrected chi connectivity index (χ1v) is 5.60. The first-order valence-electron chi connectivity index (χ1n) is 5.60. The monoisotopic (exact) mass is 206 g/mol. The zero-order valence-corrected chi connectivity index (χ0v) is 9.15. The molecule has 0 spiro atoms. The molecule has 1 aromatic rings. The van der Waals surface area contributed by atoms with Gasteiger partial charge in [0.05, 0.1) is 0 Å². The van der Waals surface area contributed by atoms with Gasteiger partial charge in [0, 0.05) is 18.3 Å². The average molecular weight is 206 g/mol. The second-order valence-corrected chi connectivity index (χ2v) is 4.28. The highest BCUT2D eigenvalue weighted by Gasteiger charge is 2.23. The Bertz CT molecular complexity index is 310. The Morgan fingerprint density at radius 2 is 2.13 bits per heavy atom. The van der Waals surface area contributed by atoms with Crippen LogP contribution in [0.1, 0.15) is 31.2 Å². The Hall–Kier alpha value is -1.09. The summed E-state index contributed by atoms with van der Waals surface area (Å²) in [7, 11) is 0. The van der Waals surface area contributed by atoms with Crippen LogP contribution in [-0.2, 0) is 0 Å². The van der Waals surface area contributed by atoms with Gasteiger partial charge in [-0.2, -0.15) is 0 Å². The molecule has 3 heteroatoms. The number of pyridine rings is 1. The molecular formula is C12H18N2O.